The minimum Gasteiger partial charge on any atom is -0.311 e. The molecule has 1 atom stereocenters. The molecule has 0 aliphatic carbocycles. The molecule has 0 amide bonds. The van der Waals surface area contributed by atoms with Crippen LogP contribution in [0.15, 0.2) is 12.1 Å². The van der Waals surface area contributed by atoms with E-state index in [1.165, 1.54) is 4.88 Å². The Hall–Kier alpha value is -0.980. The van der Waals surface area contributed by atoms with Crippen molar-refractivity contribution in [3.63, 3.8) is 0 Å². The Morgan fingerprint density at radius 2 is 2.35 bits per heavy atom. The molecular weight excluding hydrogens is 258 g/mol. The van der Waals surface area contributed by atoms with Crippen molar-refractivity contribution in [3.8, 4) is 0 Å². The van der Waals surface area contributed by atoms with Crippen LogP contribution in [0.4, 0.5) is 0 Å². The Balaban J connectivity index is 2.01. The molecular formula is C10H14ClN5S. The van der Waals surface area contributed by atoms with Crippen LogP contribution in [0.25, 0.3) is 0 Å². The molecule has 2 heterocycles. The van der Waals surface area contributed by atoms with Gasteiger partial charge in [0.1, 0.15) is 0 Å². The summed E-state index contributed by atoms with van der Waals surface area (Å²) in [5, 5.41) is 14.9. The molecule has 5 nitrogen and oxygen atoms in total. The summed E-state index contributed by atoms with van der Waals surface area (Å²) < 4.78 is 2.65. The van der Waals surface area contributed by atoms with Crippen LogP contribution in [0, 0.1) is 0 Å². The summed E-state index contributed by atoms with van der Waals surface area (Å²) >= 11 is 7.48. The number of hydrogen-bond acceptors (Lipinski definition) is 5. The number of tetrazole rings is 1. The zero-order chi connectivity index (χ0) is 12.3. The van der Waals surface area contributed by atoms with Gasteiger partial charge in [0.15, 0.2) is 5.82 Å². The minimum atomic E-state index is 0.150. The summed E-state index contributed by atoms with van der Waals surface area (Å²) in [4.78, 5) is 1.24. The van der Waals surface area contributed by atoms with Crippen LogP contribution in [0.3, 0.4) is 0 Å². The number of rotatable bonds is 5. The van der Waals surface area contributed by atoms with Gasteiger partial charge in [-0.15, -0.1) is 16.4 Å². The fourth-order valence-corrected chi connectivity index (χ4v) is 2.59. The largest absolute Gasteiger partial charge is 0.311 e. The summed E-state index contributed by atoms with van der Waals surface area (Å²) in [6, 6.07) is 4.11. The molecule has 2 rings (SSSR count). The van der Waals surface area contributed by atoms with Crippen molar-refractivity contribution in [1.29, 1.82) is 0 Å². The Morgan fingerprint density at radius 1 is 1.53 bits per heavy atom. The zero-order valence-electron chi connectivity index (χ0n) is 9.72. The first kappa shape index (κ1) is 12.5. The smallest absolute Gasteiger partial charge is 0.167 e. The maximum absolute atomic E-state index is 5.89. The van der Waals surface area contributed by atoms with Gasteiger partial charge in [-0.3, -0.25) is 0 Å². The average Bonchev–Trinajstić information content (AvgIpc) is 2.94. The second-order valence-corrected chi connectivity index (χ2v) is 5.53. The van der Waals surface area contributed by atoms with Gasteiger partial charge in [0.2, 0.25) is 0 Å². The monoisotopic (exact) mass is 271 g/mol. The number of aryl methyl sites for hydroxylation is 2. The number of thiophene rings is 1. The second kappa shape index (κ2) is 5.57. The molecule has 92 valence electrons. The van der Waals surface area contributed by atoms with Crippen LogP contribution < -0.4 is 5.32 Å². The molecule has 2 aromatic heterocycles. The predicted molar refractivity (Wildman–Crippen MR) is 68.3 cm³/mol. The van der Waals surface area contributed by atoms with Crippen molar-refractivity contribution < 1.29 is 0 Å². The molecule has 2 aromatic rings. The van der Waals surface area contributed by atoms with Crippen LogP contribution in [0.1, 0.15) is 23.7 Å². The van der Waals surface area contributed by atoms with Crippen LogP contribution in [-0.2, 0) is 13.0 Å². The van der Waals surface area contributed by atoms with Crippen molar-refractivity contribution >= 4 is 22.9 Å². The van der Waals surface area contributed by atoms with Gasteiger partial charge in [-0.2, -0.15) is 0 Å². The Kier molecular flexibility index (Phi) is 4.09. The number of halogens is 1. The van der Waals surface area contributed by atoms with Crippen molar-refractivity contribution in [2.45, 2.75) is 25.9 Å². The SMILES string of the molecule is CNC(C)c1nnnn1CCc1ccc(Cl)s1. The van der Waals surface area contributed by atoms with Crippen LogP contribution in [0.5, 0.6) is 0 Å². The van der Waals surface area contributed by atoms with Gasteiger partial charge in [0.05, 0.1) is 10.4 Å². The fraction of sp³-hybridized carbons (Fsp3) is 0.500. The Bertz CT molecular complexity index is 481. The second-order valence-electron chi connectivity index (χ2n) is 3.73. The number of aromatic nitrogens is 4. The lowest BCUT2D eigenvalue weighted by Gasteiger charge is -2.09. The zero-order valence-corrected chi connectivity index (χ0v) is 11.3. The standard InChI is InChI=1S/C10H14ClN5S/c1-7(12-2)10-13-14-15-16(10)6-5-8-3-4-9(11)17-8/h3-4,7,12H,5-6H2,1-2H3. The molecule has 17 heavy (non-hydrogen) atoms. The van der Waals surface area contributed by atoms with Gasteiger partial charge in [0.25, 0.3) is 0 Å². The third-order valence-corrected chi connectivity index (χ3v) is 3.87. The fourth-order valence-electron chi connectivity index (χ4n) is 1.51. The maximum atomic E-state index is 5.89. The maximum Gasteiger partial charge on any atom is 0.167 e. The average molecular weight is 272 g/mol. The first-order chi connectivity index (χ1) is 8.20. The Labute approximate surface area is 109 Å². The number of hydrogen-bond donors (Lipinski definition) is 1. The van der Waals surface area contributed by atoms with Gasteiger partial charge in [-0.05, 0) is 36.5 Å². The number of nitrogens with one attached hydrogen (secondary N) is 1. The summed E-state index contributed by atoms with van der Waals surface area (Å²) in [6.45, 7) is 2.80. The van der Waals surface area contributed by atoms with Crippen molar-refractivity contribution in [2.75, 3.05) is 7.05 Å². The van der Waals surface area contributed by atoms with Crippen molar-refractivity contribution in [1.82, 2.24) is 25.5 Å². The van der Waals surface area contributed by atoms with Crippen LogP contribution >= 0.6 is 22.9 Å². The third kappa shape index (κ3) is 3.02. The summed E-state index contributed by atoms with van der Waals surface area (Å²) in [6.07, 6.45) is 0.895. The highest BCUT2D eigenvalue weighted by Gasteiger charge is 2.12. The van der Waals surface area contributed by atoms with Crippen molar-refractivity contribution in [2.24, 2.45) is 0 Å². The van der Waals surface area contributed by atoms with Gasteiger partial charge in [0, 0.05) is 17.8 Å². The molecule has 0 aliphatic rings. The van der Waals surface area contributed by atoms with Gasteiger partial charge in [-0.25, -0.2) is 4.68 Å². The van der Waals surface area contributed by atoms with Crippen LogP contribution in [-0.4, -0.2) is 27.3 Å². The molecule has 0 aromatic carbocycles. The molecule has 0 saturated heterocycles. The van der Waals surface area contributed by atoms with E-state index in [-0.39, 0.29) is 6.04 Å². The third-order valence-electron chi connectivity index (χ3n) is 2.58. The normalized spacial score (nSPS) is 12.9. The molecule has 0 fully saturated rings. The van der Waals surface area contributed by atoms with Gasteiger partial charge >= 0.3 is 0 Å². The van der Waals surface area contributed by atoms with Gasteiger partial charge in [-0.1, -0.05) is 11.6 Å². The van der Waals surface area contributed by atoms with E-state index >= 15 is 0 Å². The van der Waals surface area contributed by atoms with E-state index in [2.05, 4.69) is 20.8 Å². The summed E-state index contributed by atoms with van der Waals surface area (Å²) in [7, 11) is 1.89. The molecule has 1 N–H and O–H groups in total. The molecule has 7 heteroatoms. The van der Waals surface area contributed by atoms with E-state index in [1.807, 2.05) is 30.8 Å². The van der Waals surface area contributed by atoms with Gasteiger partial charge < -0.3 is 5.32 Å². The predicted octanol–water partition coefficient (Wildman–Crippen LogP) is 1.91. The molecule has 0 radical (unpaired) electrons. The molecule has 0 spiro atoms. The molecule has 0 saturated carbocycles. The summed E-state index contributed by atoms with van der Waals surface area (Å²) in [5.74, 6) is 0.857. The lowest BCUT2D eigenvalue weighted by atomic mass is 10.3. The lowest BCUT2D eigenvalue weighted by Crippen LogP contribution is -2.19. The molecule has 1 unspecified atom stereocenters. The van der Waals surface area contributed by atoms with Crippen LogP contribution in [0.2, 0.25) is 4.34 Å². The van der Waals surface area contributed by atoms with E-state index in [9.17, 15) is 0 Å². The minimum absolute atomic E-state index is 0.150. The topological polar surface area (TPSA) is 55.6 Å². The van der Waals surface area contributed by atoms with E-state index in [0.717, 1.165) is 23.1 Å². The Morgan fingerprint density at radius 3 is 3.00 bits per heavy atom. The van der Waals surface area contributed by atoms with E-state index in [0.29, 0.717) is 0 Å². The van der Waals surface area contributed by atoms with E-state index < -0.39 is 0 Å². The van der Waals surface area contributed by atoms with Crippen molar-refractivity contribution in [3.05, 3.63) is 27.2 Å². The lowest BCUT2D eigenvalue weighted by molar-refractivity contribution is 0.513. The molecule has 0 aliphatic heterocycles. The highest BCUT2D eigenvalue weighted by atomic mass is 35.5. The highest BCUT2D eigenvalue weighted by molar-refractivity contribution is 7.16. The van der Waals surface area contributed by atoms with E-state index in [1.54, 1.807) is 11.3 Å². The summed E-state index contributed by atoms with van der Waals surface area (Å²) in [5.41, 5.74) is 0. The first-order valence-electron chi connectivity index (χ1n) is 5.38. The number of nitrogens with zero attached hydrogens (tertiary/aromatic N) is 4. The van der Waals surface area contributed by atoms with E-state index in [4.69, 9.17) is 11.6 Å². The quantitative estimate of drug-likeness (QED) is 0.903. The first-order valence-corrected chi connectivity index (χ1v) is 6.57. The molecule has 0 bridgehead atoms. The highest BCUT2D eigenvalue weighted by Crippen LogP contribution is 2.22.